The van der Waals surface area contributed by atoms with Gasteiger partial charge in [-0.15, -0.1) is 0 Å². The van der Waals surface area contributed by atoms with Crippen LogP contribution in [-0.4, -0.2) is 9.78 Å². The minimum absolute atomic E-state index is 0.730. The van der Waals surface area contributed by atoms with Gasteiger partial charge < -0.3 is 0 Å². The molecule has 110 valence electrons. The van der Waals surface area contributed by atoms with E-state index in [4.69, 9.17) is 23.2 Å². The average molecular weight is 329 g/mol. The average Bonchev–Trinajstić information content (AvgIpc) is 2.98. The van der Waals surface area contributed by atoms with Gasteiger partial charge in [-0.3, -0.25) is 0 Å². The van der Waals surface area contributed by atoms with E-state index in [1.54, 1.807) is 6.20 Å². The van der Waals surface area contributed by atoms with E-state index in [0.717, 1.165) is 27.7 Å². The number of nitrogens with zero attached hydrogens (tertiary/aromatic N) is 2. The Hall–Kier alpha value is -2.03. The molecule has 3 rings (SSSR count). The van der Waals surface area contributed by atoms with Crippen molar-refractivity contribution in [2.24, 2.45) is 0 Å². The van der Waals surface area contributed by atoms with Gasteiger partial charge in [0.25, 0.3) is 0 Å². The summed E-state index contributed by atoms with van der Waals surface area (Å²) in [5.74, 6) is 0. The Morgan fingerprint density at radius 1 is 0.864 bits per heavy atom. The van der Waals surface area contributed by atoms with E-state index in [-0.39, 0.29) is 0 Å². The number of benzene rings is 2. The lowest BCUT2D eigenvalue weighted by molar-refractivity contribution is 0.938. The van der Waals surface area contributed by atoms with Crippen molar-refractivity contribution in [3.05, 3.63) is 82.5 Å². The van der Waals surface area contributed by atoms with Crippen LogP contribution < -0.4 is 0 Å². The fourth-order valence-electron chi connectivity index (χ4n) is 2.19. The van der Waals surface area contributed by atoms with E-state index in [9.17, 15) is 0 Å². The van der Waals surface area contributed by atoms with Gasteiger partial charge in [-0.25, -0.2) is 4.68 Å². The molecule has 1 aromatic heterocycles. The maximum Gasteiger partial charge on any atom is 0.0733 e. The molecule has 2 nitrogen and oxygen atoms in total. The van der Waals surface area contributed by atoms with Crippen molar-refractivity contribution in [3.63, 3.8) is 0 Å². The van der Waals surface area contributed by atoms with Gasteiger partial charge in [0, 0.05) is 28.0 Å². The number of halogens is 2. The van der Waals surface area contributed by atoms with Gasteiger partial charge in [0.1, 0.15) is 0 Å². The van der Waals surface area contributed by atoms with Crippen molar-refractivity contribution < 1.29 is 0 Å². The van der Waals surface area contributed by atoms with Gasteiger partial charge in [0.05, 0.1) is 5.69 Å². The normalized spacial score (nSPS) is 11.2. The van der Waals surface area contributed by atoms with Crippen LogP contribution in [-0.2, 0) is 6.42 Å². The molecular weight excluding hydrogens is 315 g/mol. The molecule has 3 aromatic rings. The van der Waals surface area contributed by atoms with Gasteiger partial charge in [0.2, 0.25) is 0 Å². The minimum atomic E-state index is 0.730. The summed E-state index contributed by atoms with van der Waals surface area (Å²) in [5.41, 5.74) is 3.32. The van der Waals surface area contributed by atoms with Gasteiger partial charge in [-0.05, 0) is 42.3 Å². The number of hydrogen-bond acceptors (Lipinski definition) is 1. The van der Waals surface area contributed by atoms with Crippen molar-refractivity contribution in [3.8, 4) is 11.3 Å². The Morgan fingerprint density at radius 3 is 2.18 bits per heavy atom. The summed E-state index contributed by atoms with van der Waals surface area (Å²) in [6, 6.07) is 17.6. The SMILES string of the molecule is Clc1ccc(C/C=C/n2nccc2-c2ccc(Cl)cc2)cc1. The van der Waals surface area contributed by atoms with E-state index in [1.165, 1.54) is 5.56 Å². The third-order valence-corrected chi connectivity index (χ3v) is 3.83. The fourth-order valence-corrected chi connectivity index (χ4v) is 2.44. The molecule has 22 heavy (non-hydrogen) atoms. The number of allylic oxidation sites excluding steroid dienone is 1. The predicted octanol–water partition coefficient (Wildman–Crippen LogP) is 5.57. The van der Waals surface area contributed by atoms with E-state index in [0.29, 0.717) is 0 Å². The summed E-state index contributed by atoms with van der Waals surface area (Å²) < 4.78 is 1.86. The molecule has 0 unspecified atom stereocenters. The van der Waals surface area contributed by atoms with Crippen LogP contribution in [0.5, 0.6) is 0 Å². The molecule has 0 aliphatic carbocycles. The number of rotatable bonds is 4. The van der Waals surface area contributed by atoms with Crippen LogP contribution in [0.15, 0.2) is 66.9 Å². The molecule has 0 amide bonds. The molecular formula is C18H14Cl2N2. The van der Waals surface area contributed by atoms with Crippen molar-refractivity contribution >= 4 is 29.4 Å². The first-order valence-electron chi connectivity index (χ1n) is 6.93. The molecule has 0 atom stereocenters. The van der Waals surface area contributed by atoms with Gasteiger partial charge in [-0.2, -0.15) is 5.10 Å². The molecule has 0 bridgehead atoms. The first kappa shape index (κ1) is 14.9. The highest BCUT2D eigenvalue weighted by Crippen LogP contribution is 2.21. The van der Waals surface area contributed by atoms with E-state index in [2.05, 4.69) is 11.2 Å². The molecule has 0 saturated heterocycles. The highest BCUT2D eigenvalue weighted by atomic mass is 35.5. The van der Waals surface area contributed by atoms with Gasteiger partial charge in [0.15, 0.2) is 0 Å². The molecule has 0 fully saturated rings. The lowest BCUT2D eigenvalue weighted by atomic mass is 10.1. The van der Waals surface area contributed by atoms with Crippen molar-refractivity contribution in [2.75, 3.05) is 0 Å². The highest BCUT2D eigenvalue weighted by Gasteiger charge is 2.03. The van der Waals surface area contributed by atoms with Crippen molar-refractivity contribution in [1.29, 1.82) is 0 Å². The van der Waals surface area contributed by atoms with Crippen LogP contribution in [0.2, 0.25) is 10.0 Å². The molecule has 0 N–H and O–H groups in total. The second kappa shape index (κ2) is 6.82. The Morgan fingerprint density at radius 2 is 1.50 bits per heavy atom. The Balaban J connectivity index is 1.76. The Labute approximate surface area is 139 Å². The summed E-state index contributed by atoms with van der Waals surface area (Å²) in [6.45, 7) is 0. The third-order valence-electron chi connectivity index (χ3n) is 3.32. The van der Waals surface area contributed by atoms with Crippen LogP contribution >= 0.6 is 23.2 Å². The summed E-state index contributed by atoms with van der Waals surface area (Å²) in [7, 11) is 0. The monoisotopic (exact) mass is 328 g/mol. The molecule has 0 spiro atoms. The second-order valence-electron chi connectivity index (χ2n) is 4.88. The molecule has 4 heteroatoms. The van der Waals surface area contributed by atoms with Crippen LogP contribution in [0.25, 0.3) is 17.5 Å². The quantitative estimate of drug-likeness (QED) is 0.612. The summed E-state index contributed by atoms with van der Waals surface area (Å²) in [5, 5.41) is 5.82. The third kappa shape index (κ3) is 3.59. The van der Waals surface area contributed by atoms with Gasteiger partial charge in [-0.1, -0.05) is 53.5 Å². The molecule has 1 heterocycles. The standard InChI is InChI=1S/C18H14Cl2N2/c19-16-7-3-14(4-8-16)2-1-13-22-18(11-12-21-22)15-5-9-17(20)10-6-15/h1,3-13H,2H2/b13-1+. The van der Waals surface area contributed by atoms with E-state index >= 15 is 0 Å². The van der Waals surface area contributed by atoms with Gasteiger partial charge >= 0.3 is 0 Å². The fraction of sp³-hybridized carbons (Fsp3) is 0.0556. The van der Waals surface area contributed by atoms with E-state index < -0.39 is 0 Å². The van der Waals surface area contributed by atoms with E-state index in [1.807, 2.05) is 65.5 Å². The lowest BCUT2D eigenvalue weighted by Crippen LogP contribution is -1.92. The van der Waals surface area contributed by atoms with Crippen LogP contribution in [0.1, 0.15) is 5.56 Å². The molecule has 0 aliphatic heterocycles. The highest BCUT2D eigenvalue weighted by molar-refractivity contribution is 6.30. The van der Waals surface area contributed by atoms with Crippen LogP contribution in [0, 0.1) is 0 Å². The number of hydrogen-bond donors (Lipinski definition) is 0. The summed E-state index contributed by atoms with van der Waals surface area (Å²) in [4.78, 5) is 0. The first-order chi connectivity index (χ1) is 10.7. The number of aromatic nitrogens is 2. The first-order valence-corrected chi connectivity index (χ1v) is 7.68. The second-order valence-corrected chi connectivity index (χ2v) is 5.76. The summed E-state index contributed by atoms with van der Waals surface area (Å²) >= 11 is 11.8. The molecule has 0 saturated carbocycles. The van der Waals surface area contributed by atoms with Crippen molar-refractivity contribution in [2.45, 2.75) is 6.42 Å². The largest absolute Gasteiger partial charge is 0.241 e. The zero-order chi connectivity index (χ0) is 15.4. The topological polar surface area (TPSA) is 17.8 Å². The lowest BCUT2D eigenvalue weighted by Gasteiger charge is -2.03. The Bertz CT molecular complexity index is 772. The maximum absolute atomic E-state index is 5.93. The zero-order valence-electron chi connectivity index (χ0n) is 11.8. The maximum atomic E-state index is 5.93. The molecule has 0 aliphatic rings. The Kier molecular flexibility index (Phi) is 4.62. The van der Waals surface area contributed by atoms with Crippen LogP contribution in [0.3, 0.4) is 0 Å². The molecule has 0 radical (unpaired) electrons. The van der Waals surface area contributed by atoms with Crippen molar-refractivity contribution in [1.82, 2.24) is 9.78 Å². The molecule has 2 aromatic carbocycles. The summed E-state index contributed by atoms with van der Waals surface area (Å²) in [6.07, 6.45) is 6.67. The zero-order valence-corrected chi connectivity index (χ0v) is 13.3. The van der Waals surface area contributed by atoms with Crippen LogP contribution in [0.4, 0.5) is 0 Å². The smallest absolute Gasteiger partial charge is 0.0733 e. The predicted molar refractivity (Wildman–Crippen MR) is 93.2 cm³/mol. The minimum Gasteiger partial charge on any atom is -0.241 e.